The van der Waals surface area contributed by atoms with Crippen LogP contribution in [0.4, 0.5) is 0 Å². The van der Waals surface area contributed by atoms with Crippen LogP contribution in [0.3, 0.4) is 0 Å². The molecule has 0 spiro atoms. The third kappa shape index (κ3) is 3.65. The van der Waals surface area contributed by atoms with Gasteiger partial charge in [-0.15, -0.1) is 0 Å². The largest absolute Gasteiger partial charge is 0.462 e. The van der Waals surface area contributed by atoms with Gasteiger partial charge < -0.3 is 18.9 Å². The lowest BCUT2D eigenvalue weighted by Gasteiger charge is -2.14. The molecular weight excluding hydrogens is 346 g/mol. The Morgan fingerprint density at radius 1 is 1.06 bits per heavy atom. The van der Waals surface area contributed by atoms with E-state index >= 15 is 0 Å². The standard InChI is InChI=1S/C10H12ClIO4/c1-13-5-15-9-7(11)3-4-8(12)10(9)16-6-14-2/h3-4H,5-6H2,1-2H3. The molecule has 0 bridgehead atoms. The molecule has 0 aromatic heterocycles. The lowest BCUT2D eigenvalue weighted by atomic mass is 10.3. The Morgan fingerprint density at radius 3 is 2.19 bits per heavy atom. The molecule has 90 valence electrons. The summed E-state index contributed by atoms with van der Waals surface area (Å²) in [5.41, 5.74) is 0. The monoisotopic (exact) mass is 358 g/mol. The minimum atomic E-state index is 0.114. The van der Waals surface area contributed by atoms with Crippen molar-refractivity contribution < 1.29 is 18.9 Å². The average Bonchev–Trinajstić information content (AvgIpc) is 2.29. The topological polar surface area (TPSA) is 36.9 Å². The molecule has 0 heterocycles. The first-order valence-corrected chi connectivity index (χ1v) is 5.87. The zero-order chi connectivity index (χ0) is 12.0. The summed E-state index contributed by atoms with van der Waals surface area (Å²) < 4.78 is 21.3. The Bertz CT molecular complexity index is 313. The lowest BCUT2D eigenvalue weighted by molar-refractivity contribution is 0.0318. The molecule has 1 rings (SSSR count). The van der Waals surface area contributed by atoms with Gasteiger partial charge in [-0.05, 0) is 34.7 Å². The maximum Gasteiger partial charge on any atom is 0.188 e. The second-order valence-electron chi connectivity index (χ2n) is 2.79. The van der Waals surface area contributed by atoms with Gasteiger partial charge in [0.1, 0.15) is 0 Å². The van der Waals surface area contributed by atoms with Gasteiger partial charge in [0.25, 0.3) is 0 Å². The van der Waals surface area contributed by atoms with E-state index in [2.05, 4.69) is 22.6 Å². The third-order valence-corrected chi connectivity index (χ3v) is 2.81. The van der Waals surface area contributed by atoms with Gasteiger partial charge in [-0.25, -0.2) is 0 Å². The molecule has 0 saturated heterocycles. The van der Waals surface area contributed by atoms with Gasteiger partial charge in [-0.1, -0.05) is 11.6 Å². The highest BCUT2D eigenvalue weighted by Crippen LogP contribution is 2.38. The highest BCUT2D eigenvalue weighted by Gasteiger charge is 2.14. The summed E-state index contributed by atoms with van der Waals surface area (Å²) in [4.78, 5) is 0. The van der Waals surface area contributed by atoms with Gasteiger partial charge in [0.2, 0.25) is 0 Å². The van der Waals surface area contributed by atoms with Crippen LogP contribution in [-0.4, -0.2) is 27.8 Å². The molecule has 4 nitrogen and oxygen atoms in total. The Morgan fingerprint density at radius 2 is 1.62 bits per heavy atom. The SMILES string of the molecule is COCOc1c(Cl)ccc(I)c1OCOC. The van der Waals surface area contributed by atoms with Gasteiger partial charge in [-0.2, -0.15) is 0 Å². The lowest BCUT2D eigenvalue weighted by Crippen LogP contribution is -2.06. The fourth-order valence-electron chi connectivity index (χ4n) is 1.02. The average molecular weight is 359 g/mol. The fourth-order valence-corrected chi connectivity index (χ4v) is 1.80. The zero-order valence-corrected chi connectivity index (χ0v) is 11.9. The quantitative estimate of drug-likeness (QED) is 0.579. The van der Waals surface area contributed by atoms with E-state index in [1.54, 1.807) is 13.2 Å². The van der Waals surface area contributed by atoms with Crippen LogP contribution in [0.1, 0.15) is 0 Å². The normalized spacial score (nSPS) is 10.2. The molecule has 0 unspecified atom stereocenters. The van der Waals surface area contributed by atoms with E-state index in [1.165, 1.54) is 7.11 Å². The molecule has 0 N–H and O–H groups in total. The van der Waals surface area contributed by atoms with Crippen molar-refractivity contribution in [2.45, 2.75) is 0 Å². The summed E-state index contributed by atoms with van der Waals surface area (Å²) >= 11 is 8.15. The van der Waals surface area contributed by atoms with E-state index in [-0.39, 0.29) is 13.6 Å². The van der Waals surface area contributed by atoms with Crippen molar-refractivity contribution in [2.75, 3.05) is 27.8 Å². The molecule has 0 fully saturated rings. The van der Waals surface area contributed by atoms with Crippen LogP contribution in [0, 0.1) is 3.57 Å². The van der Waals surface area contributed by atoms with E-state index < -0.39 is 0 Å². The zero-order valence-electron chi connectivity index (χ0n) is 8.96. The minimum absolute atomic E-state index is 0.114. The first-order valence-electron chi connectivity index (χ1n) is 4.42. The summed E-state index contributed by atoms with van der Waals surface area (Å²) in [5.74, 6) is 1.03. The highest BCUT2D eigenvalue weighted by atomic mass is 127. The number of halogens is 2. The fraction of sp³-hybridized carbons (Fsp3) is 0.400. The third-order valence-electron chi connectivity index (χ3n) is 1.66. The molecule has 0 amide bonds. The molecule has 16 heavy (non-hydrogen) atoms. The van der Waals surface area contributed by atoms with Crippen LogP contribution in [0.2, 0.25) is 5.02 Å². The van der Waals surface area contributed by atoms with Crippen molar-refractivity contribution >= 4 is 34.2 Å². The maximum absolute atomic E-state index is 6.01. The first-order chi connectivity index (χ1) is 7.70. The summed E-state index contributed by atoms with van der Waals surface area (Å²) in [6, 6.07) is 3.58. The predicted molar refractivity (Wildman–Crippen MR) is 69.2 cm³/mol. The second kappa shape index (κ2) is 7.16. The van der Waals surface area contributed by atoms with Gasteiger partial charge in [0.15, 0.2) is 25.1 Å². The summed E-state index contributed by atoms with van der Waals surface area (Å²) in [6.07, 6.45) is 0. The summed E-state index contributed by atoms with van der Waals surface area (Å²) in [5, 5.41) is 0.476. The molecule has 1 aromatic carbocycles. The Balaban J connectivity index is 2.94. The Labute approximate surface area is 113 Å². The van der Waals surface area contributed by atoms with Crippen LogP contribution >= 0.6 is 34.2 Å². The molecule has 0 radical (unpaired) electrons. The van der Waals surface area contributed by atoms with Gasteiger partial charge in [0.05, 0.1) is 8.59 Å². The smallest absolute Gasteiger partial charge is 0.188 e. The molecule has 0 aliphatic heterocycles. The maximum atomic E-state index is 6.01. The predicted octanol–water partition coefficient (Wildman–Crippen LogP) is 2.91. The van der Waals surface area contributed by atoms with E-state index in [0.29, 0.717) is 16.5 Å². The molecule has 1 aromatic rings. The molecule has 0 saturated carbocycles. The molecule has 6 heteroatoms. The Kier molecular flexibility index (Phi) is 6.18. The number of ether oxygens (including phenoxy) is 4. The number of hydrogen-bond donors (Lipinski definition) is 0. The van der Waals surface area contributed by atoms with Crippen molar-refractivity contribution in [3.05, 3.63) is 20.7 Å². The van der Waals surface area contributed by atoms with Crippen LogP contribution in [0.5, 0.6) is 11.5 Å². The van der Waals surface area contributed by atoms with Crippen molar-refractivity contribution in [1.29, 1.82) is 0 Å². The van der Waals surface area contributed by atoms with Crippen molar-refractivity contribution in [3.8, 4) is 11.5 Å². The van der Waals surface area contributed by atoms with E-state index in [9.17, 15) is 0 Å². The number of methoxy groups -OCH3 is 2. The molecular formula is C10H12ClIO4. The number of benzene rings is 1. The van der Waals surface area contributed by atoms with Crippen LogP contribution in [-0.2, 0) is 9.47 Å². The first kappa shape index (κ1) is 13.8. The van der Waals surface area contributed by atoms with Crippen molar-refractivity contribution in [1.82, 2.24) is 0 Å². The van der Waals surface area contributed by atoms with Gasteiger partial charge in [0, 0.05) is 14.2 Å². The van der Waals surface area contributed by atoms with Gasteiger partial charge in [-0.3, -0.25) is 0 Å². The Hall–Kier alpha value is -0.240. The van der Waals surface area contributed by atoms with E-state index in [0.717, 1.165) is 3.57 Å². The van der Waals surface area contributed by atoms with Crippen LogP contribution in [0.15, 0.2) is 12.1 Å². The summed E-state index contributed by atoms with van der Waals surface area (Å²) in [7, 11) is 3.09. The van der Waals surface area contributed by atoms with E-state index in [4.69, 9.17) is 30.5 Å². The van der Waals surface area contributed by atoms with Crippen LogP contribution < -0.4 is 9.47 Å². The van der Waals surface area contributed by atoms with Gasteiger partial charge >= 0.3 is 0 Å². The van der Waals surface area contributed by atoms with Crippen molar-refractivity contribution in [2.24, 2.45) is 0 Å². The number of hydrogen-bond acceptors (Lipinski definition) is 4. The molecule has 0 aliphatic carbocycles. The highest BCUT2D eigenvalue weighted by molar-refractivity contribution is 14.1. The van der Waals surface area contributed by atoms with E-state index in [1.807, 2.05) is 6.07 Å². The molecule has 0 aliphatic rings. The molecule has 0 atom stereocenters. The van der Waals surface area contributed by atoms with Crippen LogP contribution in [0.25, 0.3) is 0 Å². The minimum Gasteiger partial charge on any atom is -0.462 e. The number of rotatable bonds is 6. The second-order valence-corrected chi connectivity index (χ2v) is 4.36. The van der Waals surface area contributed by atoms with Crippen molar-refractivity contribution in [3.63, 3.8) is 0 Å². The summed E-state index contributed by atoms with van der Waals surface area (Å²) in [6.45, 7) is 0.253.